The third-order valence-electron chi connectivity index (χ3n) is 2.53. The molecule has 0 saturated carbocycles. The highest BCUT2D eigenvalue weighted by atomic mass is 16.3. The van der Waals surface area contributed by atoms with Crippen molar-refractivity contribution < 1.29 is 5.11 Å². The van der Waals surface area contributed by atoms with E-state index in [9.17, 15) is 5.11 Å². The van der Waals surface area contributed by atoms with Crippen molar-refractivity contribution in [3.63, 3.8) is 0 Å². The van der Waals surface area contributed by atoms with Gasteiger partial charge in [0.1, 0.15) is 5.75 Å². The van der Waals surface area contributed by atoms with Gasteiger partial charge in [-0.15, -0.1) is 0 Å². The molecule has 3 heteroatoms. The number of rotatable bonds is 1. The second kappa shape index (κ2) is 3.35. The summed E-state index contributed by atoms with van der Waals surface area (Å²) in [5, 5.41) is 14.9. The van der Waals surface area contributed by atoms with Gasteiger partial charge in [-0.05, 0) is 36.4 Å². The Balaban J connectivity index is 2.97. The molecule has 0 aliphatic heterocycles. The van der Waals surface area contributed by atoms with Crippen LogP contribution < -0.4 is 0 Å². The van der Waals surface area contributed by atoms with Gasteiger partial charge in [-0.2, -0.15) is 5.11 Å². The van der Waals surface area contributed by atoms with E-state index in [1.807, 2.05) is 32.0 Å². The summed E-state index contributed by atoms with van der Waals surface area (Å²) >= 11 is 0. The molecule has 3 nitrogen and oxygen atoms in total. The average molecular weight is 200 g/mol. The zero-order chi connectivity index (χ0) is 11.0. The Morgan fingerprint density at radius 2 is 1.93 bits per heavy atom. The lowest BCUT2D eigenvalue weighted by atomic mass is 10.0. The summed E-state index contributed by atoms with van der Waals surface area (Å²) in [5.74, 6) is 0.194. The van der Waals surface area contributed by atoms with E-state index in [1.54, 1.807) is 6.07 Å². The first-order chi connectivity index (χ1) is 7.13. The van der Waals surface area contributed by atoms with Gasteiger partial charge in [0.2, 0.25) is 0 Å². The Bertz CT molecular complexity index is 547. The number of phenolic OH excluding ortho intramolecular Hbond substituents is 1. The number of fused-ring (bicyclic) bond motifs is 1. The molecule has 2 aromatic carbocycles. The standard InChI is InChI=1S/C12H12N2O/c1-7-5-9-4-3-8(2)12(14-13)11(9)10(15)6-7/h3-6,13,15H,1-2H3. The maximum absolute atomic E-state index is 9.85. The Labute approximate surface area is 87.9 Å². The van der Waals surface area contributed by atoms with Gasteiger partial charge in [0.25, 0.3) is 0 Å². The molecule has 15 heavy (non-hydrogen) atoms. The molecule has 0 aromatic heterocycles. The van der Waals surface area contributed by atoms with Gasteiger partial charge in [-0.3, -0.25) is 0 Å². The van der Waals surface area contributed by atoms with Gasteiger partial charge in [-0.25, -0.2) is 5.53 Å². The fourth-order valence-electron chi connectivity index (χ4n) is 1.82. The third-order valence-corrected chi connectivity index (χ3v) is 2.53. The van der Waals surface area contributed by atoms with Crippen LogP contribution in [0.1, 0.15) is 11.1 Å². The molecule has 0 amide bonds. The SMILES string of the molecule is Cc1cc(O)c2c(N=N)c(C)ccc2c1. The highest BCUT2D eigenvalue weighted by molar-refractivity contribution is 5.98. The van der Waals surface area contributed by atoms with Crippen LogP contribution in [0.15, 0.2) is 29.4 Å². The quantitative estimate of drug-likeness (QED) is 0.675. The molecule has 0 fully saturated rings. The minimum atomic E-state index is 0.194. The van der Waals surface area contributed by atoms with Gasteiger partial charge in [0.15, 0.2) is 0 Å². The van der Waals surface area contributed by atoms with Crippen LogP contribution in [0.25, 0.3) is 10.8 Å². The number of aryl methyl sites for hydroxylation is 2. The second-order valence-electron chi connectivity index (χ2n) is 3.73. The molecule has 0 aliphatic carbocycles. The van der Waals surface area contributed by atoms with Gasteiger partial charge >= 0.3 is 0 Å². The molecule has 0 atom stereocenters. The predicted octanol–water partition coefficient (Wildman–Crippen LogP) is 3.82. The van der Waals surface area contributed by atoms with Crippen molar-refractivity contribution in [2.24, 2.45) is 5.11 Å². The Morgan fingerprint density at radius 3 is 2.60 bits per heavy atom. The lowest BCUT2D eigenvalue weighted by molar-refractivity contribution is 0.481. The zero-order valence-corrected chi connectivity index (χ0v) is 8.70. The monoisotopic (exact) mass is 200 g/mol. The maximum Gasteiger partial charge on any atom is 0.125 e. The minimum Gasteiger partial charge on any atom is -0.507 e. The maximum atomic E-state index is 9.85. The van der Waals surface area contributed by atoms with Crippen LogP contribution >= 0.6 is 0 Å². The van der Waals surface area contributed by atoms with Crippen LogP contribution in [0.2, 0.25) is 0 Å². The summed E-state index contributed by atoms with van der Waals surface area (Å²) < 4.78 is 0. The summed E-state index contributed by atoms with van der Waals surface area (Å²) in [7, 11) is 0. The van der Waals surface area contributed by atoms with Crippen LogP contribution in [-0.4, -0.2) is 5.11 Å². The van der Waals surface area contributed by atoms with Crippen LogP contribution in [0, 0.1) is 19.4 Å². The van der Waals surface area contributed by atoms with Crippen LogP contribution in [-0.2, 0) is 0 Å². The van der Waals surface area contributed by atoms with Crippen molar-refractivity contribution in [3.05, 3.63) is 35.4 Å². The molecule has 2 aromatic rings. The number of hydrogen-bond donors (Lipinski definition) is 2. The lowest BCUT2D eigenvalue weighted by Gasteiger charge is -2.07. The average Bonchev–Trinajstić information content (AvgIpc) is 2.18. The molecule has 0 heterocycles. The van der Waals surface area contributed by atoms with E-state index in [2.05, 4.69) is 5.11 Å². The zero-order valence-electron chi connectivity index (χ0n) is 8.70. The summed E-state index contributed by atoms with van der Waals surface area (Å²) in [6.07, 6.45) is 0. The first-order valence-corrected chi connectivity index (χ1v) is 4.74. The Hall–Kier alpha value is -1.90. The lowest BCUT2D eigenvalue weighted by Crippen LogP contribution is -1.81. The summed E-state index contributed by atoms with van der Waals surface area (Å²) in [4.78, 5) is 0. The fraction of sp³-hybridized carbons (Fsp3) is 0.167. The fourth-order valence-corrected chi connectivity index (χ4v) is 1.82. The molecule has 0 spiro atoms. The molecule has 0 unspecified atom stereocenters. The molecule has 76 valence electrons. The third kappa shape index (κ3) is 1.46. The van der Waals surface area contributed by atoms with Crippen molar-refractivity contribution in [3.8, 4) is 5.75 Å². The van der Waals surface area contributed by atoms with Crippen LogP contribution in [0.5, 0.6) is 5.75 Å². The molecule has 0 radical (unpaired) electrons. The molecular formula is C12H12N2O. The first-order valence-electron chi connectivity index (χ1n) is 4.74. The van der Waals surface area contributed by atoms with E-state index in [4.69, 9.17) is 5.53 Å². The Kier molecular flexibility index (Phi) is 2.15. The van der Waals surface area contributed by atoms with Crippen molar-refractivity contribution in [2.45, 2.75) is 13.8 Å². The number of nitrogens with one attached hydrogen (secondary N) is 1. The van der Waals surface area contributed by atoms with Crippen LogP contribution in [0.3, 0.4) is 0 Å². The molecular weight excluding hydrogens is 188 g/mol. The van der Waals surface area contributed by atoms with E-state index in [0.29, 0.717) is 11.1 Å². The van der Waals surface area contributed by atoms with Crippen molar-refractivity contribution in [1.29, 1.82) is 5.53 Å². The van der Waals surface area contributed by atoms with Crippen LogP contribution in [0.4, 0.5) is 5.69 Å². The number of hydrogen-bond acceptors (Lipinski definition) is 3. The van der Waals surface area contributed by atoms with Gasteiger partial charge in [-0.1, -0.05) is 18.2 Å². The second-order valence-corrected chi connectivity index (χ2v) is 3.73. The molecule has 0 saturated heterocycles. The minimum absolute atomic E-state index is 0.194. The highest BCUT2D eigenvalue weighted by Gasteiger charge is 2.08. The number of benzene rings is 2. The topological polar surface area (TPSA) is 56.4 Å². The summed E-state index contributed by atoms with van der Waals surface area (Å²) in [6.45, 7) is 3.81. The van der Waals surface area contributed by atoms with Gasteiger partial charge < -0.3 is 5.11 Å². The summed E-state index contributed by atoms with van der Waals surface area (Å²) in [5.41, 5.74) is 9.58. The number of phenols is 1. The smallest absolute Gasteiger partial charge is 0.125 e. The van der Waals surface area contributed by atoms with E-state index >= 15 is 0 Å². The highest BCUT2D eigenvalue weighted by Crippen LogP contribution is 2.36. The molecule has 0 aliphatic rings. The van der Waals surface area contributed by atoms with E-state index in [-0.39, 0.29) is 5.75 Å². The normalized spacial score (nSPS) is 10.5. The van der Waals surface area contributed by atoms with Crippen molar-refractivity contribution in [2.75, 3.05) is 0 Å². The largest absolute Gasteiger partial charge is 0.507 e. The Morgan fingerprint density at radius 1 is 1.20 bits per heavy atom. The molecule has 2 N–H and O–H groups in total. The number of nitrogens with zero attached hydrogens (tertiary/aromatic N) is 1. The van der Waals surface area contributed by atoms with Crippen molar-refractivity contribution >= 4 is 16.5 Å². The number of aromatic hydroxyl groups is 1. The van der Waals surface area contributed by atoms with Gasteiger partial charge in [0, 0.05) is 0 Å². The molecule has 2 rings (SSSR count). The van der Waals surface area contributed by atoms with E-state index in [0.717, 1.165) is 16.5 Å². The van der Waals surface area contributed by atoms with E-state index < -0.39 is 0 Å². The predicted molar refractivity (Wildman–Crippen MR) is 59.9 cm³/mol. The van der Waals surface area contributed by atoms with E-state index in [1.165, 1.54) is 0 Å². The molecule has 0 bridgehead atoms. The van der Waals surface area contributed by atoms with Gasteiger partial charge in [0.05, 0.1) is 11.1 Å². The first kappa shape index (κ1) is 9.65. The summed E-state index contributed by atoms with van der Waals surface area (Å²) in [6, 6.07) is 7.51. The van der Waals surface area contributed by atoms with Crippen molar-refractivity contribution in [1.82, 2.24) is 0 Å².